The quantitative estimate of drug-likeness (QED) is 0.241. The molecule has 0 unspecified atom stereocenters. The molecule has 0 radical (unpaired) electrons. The van der Waals surface area contributed by atoms with Crippen molar-refractivity contribution in [2.75, 3.05) is 7.11 Å². The molecule has 1 amide bonds. The van der Waals surface area contributed by atoms with E-state index in [1.807, 2.05) is 84.9 Å². The molecular formula is C27H23BrN2O3. The molecule has 166 valence electrons. The van der Waals surface area contributed by atoms with E-state index < -0.39 is 0 Å². The Morgan fingerprint density at radius 2 is 1.76 bits per heavy atom. The van der Waals surface area contributed by atoms with Gasteiger partial charge in [0.25, 0.3) is 0 Å². The van der Waals surface area contributed by atoms with Crippen molar-refractivity contribution >= 4 is 38.8 Å². The number of carbonyl (C=O) groups is 1. The van der Waals surface area contributed by atoms with Gasteiger partial charge in [-0.3, -0.25) is 4.79 Å². The van der Waals surface area contributed by atoms with Crippen LogP contribution in [0.15, 0.2) is 94.5 Å². The Hall–Kier alpha value is -3.64. The molecule has 0 fully saturated rings. The summed E-state index contributed by atoms with van der Waals surface area (Å²) < 4.78 is 12.2. The topological polar surface area (TPSA) is 59.9 Å². The highest BCUT2D eigenvalue weighted by molar-refractivity contribution is 9.10. The van der Waals surface area contributed by atoms with Gasteiger partial charge < -0.3 is 9.47 Å². The van der Waals surface area contributed by atoms with Gasteiger partial charge in [-0.2, -0.15) is 5.10 Å². The molecular weight excluding hydrogens is 480 g/mol. The molecule has 4 rings (SSSR count). The number of nitrogens with zero attached hydrogens (tertiary/aromatic N) is 1. The van der Waals surface area contributed by atoms with Crippen molar-refractivity contribution in [3.05, 3.63) is 106 Å². The first-order chi connectivity index (χ1) is 16.1. The largest absolute Gasteiger partial charge is 0.493 e. The van der Waals surface area contributed by atoms with Crippen molar-refractivity contribution in [2.24, 2.45) is 5.10 Å². The number of hydrazone groups is 1. The van der Waals surface area contributed by atoms with E-state index in [2.05, 4.69) is 26.5 Å². The molecule has 0 atom stereocenters. The molecule has 4 aromatic rings. The zero-order valence-electron chi connectivity index (χ0n) is 18.1. The Morgan fingerprint density at radius 3 is 2.58 bits per heavy atom. The second kappa shape index (κ2) is 10.8. The number of carbonyl (C=O) groups excluding carboxylic acids is 1. The molecule has 0 spiro atoms. The van der Waals surface area contributed by atoms with Gasteiger partial charge in [-0.05, 0) is 55.5 Å². The van der Waals surface area contributed by atoms with Crippen LogP contribution >= 0.6 is 15.9 Å². The summed E-state index contributed by atoms with van der Waals surface area (Å²) in [5.41, 5.74) is 5.39. The number of nitrogens with one attached hydrogen (secondary N) is 1. The van der Waals surface area contributed by atoms with Gasteiger partial charge in [-0.1, -0.05) is 72.8 Å². The lowest BCUT2D eigenvalue weighted by atomic mass is 10.0. The van der Waals surface area contributed by atoms with E-state index in [1.165, 1.54) is 0 Å². The van der Waals surface area contributed by atoms with Crippen LogP contribution in [0.25, 0.3) is 10.8 Å². The fourth-order valence-electron chi connectivity index (χ4n) is 3.52. The predicted molar refractivity (Wildman–Crippen MR) is 135 cm³/mol. The first-order valence-corrected chi connectivity index (χ1v) is 11.3. The van der Waals surface area contributed by atoms with Gasteiger partial charge in [0.1, 0.15) is 6.61 Å². The highest BCUT2D eigenvalue weighted by Gasteiger charge is 2.12. The van der Waals surface area contributed by atoms with E-state index in [0.717, 1.165) is 31.9 Å². The van der Waals surface area contributed by atoms with Gasteiger partial charge in [0, 0.05) is 0 Å². The van der Waals surface area contributed by atoms with Crippen molar-refractivity contribution in [2.45, 2.75) is 13.0 Å². The molecule has 4 aromatic carbocycles. The summed E-state index contributed by atoms with van der Waals surface area (Å²) in [5.74, 6) is 0.999. The van der Waals surface area contributed by atoms with Crippen molar-refractivity contribution in [3.63, 3.8) is 0 Å². The van der Waals surface area contributed by atoms with E-state index in [-0.39, 0.29) is 12.3 Å². The highest BCUT2D eigenvalue weighted by atomic mass is 79.9. The maximum absolute atomic E-state index is 12.4. The average molecular weight is 503 g/mol. The van der Waals surface area contributed by atoms with Crippen LogP contribution in [0.4, 0.5) is 0 Å². The summed E-state index contributed by atoms with van der Waals surface area (Å²) in [7, 11) is 1.59. The van der Waals surface area contributed by atoms with Crippen LogP contribution in [-0.2, 0) is 17.8 Å². The molecule has 0 saturated carbocycles. The Labute approximate surface area is 201 Å². The first-order valence-electron chi connectivity index (χ1n) is 10.5. The smallest absolute Gasteiger partial charge is 0.244 e. The van der Waals surface area contributed by atoms with Gasteiger partial charge in [0.15, 0.2) is 11.5 Å². The van der Waals surface area contributed by atoms with Gasteiger partial charge >= 0.3 is 0 Å². The number of amides is 1. The molecule has 0 heterocycles. The standard InChI is InChI=1S/C27H23BrN2O3/c1-32-25-15-20(14-24(28)27(25)33-18-19-8-3-2-4-9-19)17-29-30-26(31)16-22-12-7-11-21-10-5-6-13-23(21)22/h2-15,17H,16,18H2,1H3,(H,30,31). The summed E-state index contributed by atoms with van der Waals surface area (Å²) in [6.07, 6.45) is 1.83. The summed E-state index contributed by atoms with van der Waals surface area (Å²) >= 11 is 3.55. The van der Waals surface area contributed by atoms with Crippen LogP contribution in [0.2, 0.25) is 0 Å². The zero-order valence-corrected chi connectivity index (χ0v) is 19.7. The third kappa shape index (κ3) is 5.79. The van der Waals surface area contributed by atoms with E-state index in [0.29, 0.717) is 18.1 Å². The number of benzene rings is 4. The summed E-state index contributed by atoms with van der Waals surface area (Å²) in [6.45, 7) is 0.424. The van der Waals surface area contributed by atoms with Crippen LogP contribution in [-0.4, -0.2) is 19.2 Å². The van der Waals surface area contributed by atoms with Crippen molar-refractivity contribution in [1.29, 1.82) is 0 Å². The number of methoxy groups -OCH3 is 1. The van der Waals surface area contributed by atoms with Gasteiger partial charge in [0.05, 0.1) is 24.2 Å². The third-order valence-corrected chi connectivity index (χ3v) is 5.70. The van der Waals surface area contributed by atoms with Gasteiger partial charge in [0.2, 0.25) is 5.91 Å². The number of fused-ring (bicyclic) bond motifs is 1. The Balaban J connectivity index is 1.41. The fraction of sp³-hybridized carbons (Fsp3) is 0.111. The average Bonchev–Trinajstić information content (AvgIpc) is 2.84. The first kappa shape index (κ1) is 22.6. The maximum atomic E-state index is 12.4. The maximum Gasteiger partial charge on any atom is 0.244 e. The Bertz CT molecular complexity index is 1280. The van der Waals surface area contributed by atoms with Crippen molar-refractivity contribution < 1.29 is 14.3 Å². The minimum absolute atomic E-state index is 0.184. The third-order valence-electron chi connectivity index (χ3n) is 5.11. The predicted octanol–water partition coefficient (Wildman–Crippen LogP) is 5.88. The van der Waals surface area contributed by atoms with Crippen LogP contribution < -0.4 is 14.9 Å². The number of ether oxygens (including phenoxy) is 2. The molecule has 6 heteroatoms. The zero-order chi connectivity index (χ0) is 23.0. The summed E-state index contributed by atoms with van der Waals surface area (Å²) in [4.78, 5) is 12.4. The molecule has 33 heavy (non-hydrogen) atoms. The molecule has 5 nitrogen and oxygen atoms in total. The molecule has 0 saturated heterocycles. The lowest BCUT2D eigenvalue weighted by Crippen LogP contribution is -2.19. The van der Waals surface area contributed by atoms with Crippen LogP contribution in [0.5, 0.6) is 11.5 Å². The monoisotopic (exact) mass is 502 g/mol. The number of rotatable bonds is 8. The molecule has 0 aliphatic rings. The molecule has 0 aliphatic carbocycles. The lowest BCUT2D eigenvalue weighted by molar-refractivity contribution is -0.120. The molecule has 1 N–H and O–H groups in total. The number of hydrogen-bond acceptors (Lipinski definition) is 4. The van der Waals surface area contributed by atoms with E-state index in [9.17, 15) is 4.79 Å². The van der Waals surface area contributed by atoms with Crippen molar-refractivity contribution in [1.82, 2.24) is 5.43 Å². The molecule has 0 aromatic heterocycles. The highest BCUT2D eigenvalue weighted by Crippen LogP contribution is 2.36. The van der Waals surface area contributed by atoms with E-state index >= 15 is 0 Å². The second-order valence-electron chi connectivity index (χ2n) is 7.42. The number of hydrogen-bond donors (Lipinski definition) is 1. The normalized spacial score (nSPS) is 11.0. The minimum Gasteiger partial charge on any atom is -0.493 e. The van der Waals surface area contributed by atoms with Crippen LogP contribution in [0.3, 0.4) is 0 Å². The van der Waals surface area contributed by atoms with E-state index in [1.54, 1.807) is 13.3 Å². The lowest BCUT2D eigenvalue weighted by Gasteiger charge is -2.13. The van der Waals surface area contributed by atoms with Crippen LogP contribution in [0, 0.1) is 0 Å². The fourth-order valence-corrected chi connectivity index (χ4v) is 4.10. The summed E-state index contributed by atoms with van der Waals surface area (Å²) in [6, 6.07) is 27.6. The van der Waals surface area contributed by atoms with E-state index in [4.69, 9.17) is 9.47 Å². The van der Waals surface area contributed by atoms with Gasteiger partial charge in [-0.15, -0.1) is 0 Å². The Kier molecular flexibility index (Phi) is 7.37. The van der Waals surface area contributed by atoms with Crippen LogP contribution in [0.1, 0.15) is 16.7 Å². The molecule has 0 aliphatic heterocycles. The molecule has 0 bridgehead atoms. The van der Waals surface area contributed by atoms with Gasteiger partial charge in [-0.25, -0.2) is 5.43 Å². The minimum atomic E-state index is -0.184. The van der Waals surface area contributed by atoms with Crippen molar-refractivity contribution in [3.8, 4) is 11.5 Å². The number of halogens is 1. The Morgan fingerprint density at radius 1 is 1.00 bits per heavy atom. The summed E-state index contributed by atoms with van der Waals surface area (Å²) in [5, 5.41) is 6.29. The SMILES string of the molecule is COc1cc(C=NNC(=O)Cc2cccc3ccccc23)cc(Br)c1OCc1ccccc1. The second-order valence-corrected chi connectivity index (χ2v) is 8.27.